The summed E-state index contributed by atoms with van der Waals surface area (Å²) >= 11 is 0. The number of amides is 2. The fourth-order valence-electron chi connectivity index (χ4n) is 4.25. The lowest BCUT2D eigenvalue weighted by Gasteiger charge is -2.23. The van der Waals surface area contributed by atoms with Gasteiger partial charge in [0.1, 0.15) is 4.90 Å². The van der Waals surface area contributed by atoms with E-state index in [1.54, 1.807) is 25.3 Å². The lowest BCUT2D eigenvalue weighted by Crippen LogP contribution is -2.41. The van der Waals surface area contributed by atoms with E-state index in [1.807, 2.05) is 0 Å². The first kappa shape index (κ1) is 21.5. The molecule has 1 aromatic heterocycles. The number of rotatable bonds is 7. The lowest BCUT2D eigenvalue weighted by atomic mass is 9.97. The monoisotopic (exact) mass is 424 g/mol. The molecule has 1 saturated heterocycles. The third-order valence-electron chi connectivity index (χ3n) is 6.19. The number of fused-ring (bicyclic) bond motifs is 1. The molecule has 2 N–H and O–H groups in total. The van der Waals surface area contributed by atoms with Crippen LogP contribution in [0.2, 0.25) is 0 Å². The summed E-state index contributed by atoms with van der Waals surface area (Å²) < 4.78 is 27.2. The first-order valence-electron chi connectivity index (χ1n) is 9.85. The van der Waals surface area contributed by atoms with Crippen molar-refractivity contribution in [2.24, 2.45) is 11.8 Å². The molecule has 0 spiro atoms. The van der Waals surface area contributed by atoms with Crippen molar-refractivity contribution in [3.05, 3.63) is 24.5 Å². The van der Waals surface area contributed by atoms with Crippen LogP contribution >= 0.6 is 0 Å². The molecule has 2 fully saturated rings. The second kappa shape index (κ2) is 8.66. The van der Waals surface area contributed by atoms with Crippen LogP contribution in [-0.2, 0) is 14.8 Å². The SMILES string of the molecule is CC(CCC(=O)N[C@H]1CC[C@@H]2CN(S(=O)(=O)c3cccnc3)C[C@@H]21)N(C)C(=O)O. The molecule has 1 saturated carbocycles. The molecule has 1 aromatic rings. The molecule has 0 radical (unpaired) electrons. The van der Waals surface area contributed by atoms with Crippen molar-refractivity contribution in [2.45, 2.75) is 49.6 Å². The summed E-state index contributed by atoms with van der Waals surface area (Å²) in [5, 5.41) is 12.0. The summed E-state index contributed by atoms with van der Waals surface area (Å²) in [6.07, 6.45) is 4.29. The van der Waals surface area contributed by atoms with Crippen molar-refractivity contribution < 1.29 is 23.1 Å². The second-order valence-electron chi connectivity index (χ2n) is 7.97. The number of hydrogen-bond acceptors (Lipinski definition) is 5. The number of carbonyl (C=O) groups is 2. The van der Waals surface area contributed by atoms with E-state index in [0.717, 1.165) is 12.8 Å². The van der Waals surface area contributed by atoms with Gasteiger partial charge in [-0.05, 0) is 50.2 Å². The molecule has 1 unspecified atom stereocenters. The quantitative estimate of drug-likeness (QED) is 0.682. The molecule has 10 heteroatoms. The normalized spacial score (nSPS) is 25.4. The van der Waals surface area contributed by atoms with Crippen LogP contribution in [0.1, 0.15) is 32.6 Å². The maximum absolute atomic E-state index is 12.8. The van der Waals surface area contributed by atoms with Gasteiger partial charge >= 0.3 is 6.09 Å². The van der Waals surface area contributed by atoms with Crippen molar-refractivity contribution in [1.82, 2.24) is 19.5 Å². The number of carbonyl (C=O) groups excluding carboxylic acids is 1. The van der Waals surface area contributed by atoms with E-state index in [-0.39, 0.29) is 41.1 Å². The van der Waals surface area contributed by atoms with Gasteiger partial charge in [0.15, 0.2) is 0 Å². The summed E-state index contributed by atoms with van der Waals surface area (Å²) in [4.78, 5) is 28.6. The second-order valence-corrected chi connectivity index (χ2v) is 9.91. The van der Waals surface area contributed by atoms with Crippen molar-refractivity contribution in [3.63, 3.8) is 0 Å². The van der Waals surface area contributed by atoms with Crippen molar-refractivity contribution in [3.8, 4) is 0 Å². The zero-order chi connectivity index (χ0) is 21.2. The van der Waals surface area contributed by atoms with Gasteiger partial charge in [-0.25, -0.2) is 13.2 Å². The fourth-order valence-corrected chi connectivity index (χ4v) is 5.75. The summed E-state index contributed by atoms with van der Waals surface area (Å²) in [6.45, 7) is 2.63. The molecule has 2 heterocycles. The highest BCUT2D eigenvalue weighted by Crippen LogP contribution is 2.40. The molecule has 1 aliphatic heterocycles. The van der Waals surface area contributed by atoms with Crippen LogP contribution in [0.5, 0.6) is 0 Å². The lowest BCUT2D eigenvalue weighted by molar-refractivity contribution is -0.122. The van der Waals surface area contributed by atoms with Crippen molar-refractivity contribution in [2.75, 3.05) is 20.1 Å². The van der Waals surface area contributed by atoms with Crippen LogP contribution in [-0.4, -0.2) is 71.9 Å². The van der Waals surface area contributed by atoms with Crippen LogP contribution in [0.25, 0.3) is 0 Å². The molecule has 3 rings (SSSR count). The molecule has 29 heavy (non-hydrogen) atoms. The van der Waals surface area contributed by atoms with Crippen LogP contribution in [0, 0.1) is 11.8 Å². The Labute approximate surface area is 171 Å². The zero-order valence-corrected chi connectivity index (χ0v) is 17.5. The number of nitrogens with one attached hydrogen (secondary N) is 1. The largest absolute Gasteiger partial charge is 0.465 e. The minimum absolute atomic E-state index is 0.0471. The Hall–Kier alpha value is -2.20. The molecule has 0 aromatic carbocycles. The molecule has 4 atom stereocenters. The molecule has 0 bridgehead atoms. The number of aromatic nitrogens is 1. The van der Waals surface area contributed by atoms with E-state index in [2.05, 4.69) is 10.3 Å². The highest BCUT2D eigenvalue weighted by atomic mass is 32.2. The van der Waals surface area contributed by atoms with E-state index in [1.165, 1.54) is 22.4 Å². The summed E-state index contributed by atoms with van der Waals surface area (Å²) in [5.41, 5.74) is 0. The first-order chi connectivity index (χ1) is 13.7. The van der Waals surface area contributed by atoms with Crippen LogP contribution in [0.3, 0.4) is 0 Å². The average molecular weight is 425 g/mol. The highest BCUT2D eigenvalue weighted by Gasteiger charge is 2.46. The Kier molecular flexibility index (Phi) is 6.42. The maximum atomic E-state index is 12.8. The first-order valence-corrected chi connectivity index (χ1v) is 11.3. The van der Waals surface area contributed by atoms with Gasteiger partial charge in [-0.15, -0.1) is 0 Å². The molecule has 1 aliphatic carbocycles. The van der Waals surface area contributed by atoms with E-state index >= 15 is 0 Å². The summed E-state index contributed by atoms with van der Waals surface area (Å²) in [5.74, 6) is 0.225. The molecule has 9 nitrogen and oxygen atoms in total. The Morgan fingerprint density at radius 1 is 1.38 bits per heavy atom. The van der Waals surface area contributed by atoms with Crippen molar-refractivity contribution >= 4 is 22.0 Å². The van der Waals surface area contributed by atoms with Crippen molar-refractivity contribution in [1.29, 1.82) is 0 Å². The summed E-state index contributed by atoms with van der Waals surface area (Å²) in [7, 11) is -2.09. The standard InChI is InChI=1S/C19H28N4O5S/c1-13(22(2)19(25)26)5-8-18(24)21-17-7-6-14-11-23(12-16(14)17)29(27,28)15-4-3-9-20-10-15/h3-4,9-10,13-14,16-17H,5-8,11-12H2,1-2H3,(H,21,24)(H,25,26)/t13?,14-,16+,17+/m1/s1. The number of nitrogens with zero attached hydrogens (tertiary/aromatic N) is 3. The van der Waals surface area contributed by atoms with E-state index in [0.29, 0.717) is 19.5 Å². The smallest absolute Gasteiger partial charge is 0.407 e. The van der Waals surface area contributed by atoms with Gasteiger partial charge in [0, 0.05) is 51.0 Å². The van der Waals surface area contributed by atoms with E-state index in [4.69, 9.17) is 5.11 Å². The molecule has 2 aliphatic rings. The number of hydrogen-bond donors (Lipinski definition) is 2. The zero-order valence-electron chi connectivity index (χ0n) is 16.7. The van der Waals surface area contributed by atoms with Gasteiger partial charge in [0.05, 0.1) is 0 Å². The Morgan fingerprint density at radius 2 is 2.14 bits per heavy atom. The van der Waals surface area contributed by atoms with Gasteiger partial charge in [-0.1, -0.05) is 0 Å². The van der Waals surface area contributed by atoms with Gasteiger partial charge in [0.25, 0.3) is 0 Å². The van der Waals surface area contributed by atoms with E-state index in [9.17, 15) is 18.0 Å². The Bertz CT molecular complexity index is 847. The third kappa shape index (κ3) is 4.69. The molecular formula is C19H28N4O5S. The van der Waals surface area contributed by atoms with Crippen LogP contribution < -0.4 is 5.32 Å². The minimum atomic E-state index is -3.57. The molecule has 160 valence electrons. The third-order valence-corrected chi connectivity index (χ3v) is 8.01. The Balaban J connectivity index is 1.55. The predicted molar refractivity (Wildman–Crippen MR) is 106 cm³/mol. The highest BCUT2D eigenvalue weighted by molar-refractivity contribution is 7.89. The number of sulfonamides is 1. The minimum Gasteiger partial charge on any atom is -0.465 e. The Morgan fingerprint density at radius 3 is 2.79 bits per heavy atom. The van der Waals surface area contributed by atoms with Crippen LogP contribution in [0.15, 0.2) is 29.4 Å². The van der Waals surface area contributed by atoms with Gasteiger partial charge in [0.2, 0.25) is 15.9 Å². The van der Waals surface area contributed by atoms with Gasteiger partial charge < -0.3 is 15.3 Å². The number of pyridine rings is 1. The topological polar surface area (TPSA) is 120 Å². The molecular weight excluding hydrogens is 396 g/mol. The predicted octanol–water partition coefficient (Wildman–Crippen LogP) is 1.38. The fraction of sp³-hybridized carbons (Fsp3) is 0.632. The van der Waals surface area contributed by atoms with Gasteiger partial charge in [-0.2, -0.15) is 4.31 Å². The number of carboxylic acid groups (broad SMARTS) is 1. The molecule has 2 amide bonds. The van der Waals surface area contributed by atoms with Crippen LogP contribution in [0.4, 0.5) is 4.79 Å². The summed E-state index contributed by atoms with van der Waals surface area (Å²) in [6, 6.07) is 2.86. The maximum Gasteiger partial charge on any atom is 0.407 e. The average Bonchev–Trinajstić information content (AvgIpc) is 3.28. The van der Waals surface area contributed by atoms with E-state index < -0.39 is 16.1 Å². The van der Waals surface area contributed by atoms with Gasteiger partial charge in [-0.3, -0.25) is 9.78 Å².